The molecule has 7 nitrogen and oxygen atoms in total. The molecule has 2 N–H and O–H groups in total. The topological polar surface area (TPSA) is 101 Å². The number of pyridine rings is 1. The fraction of sp³-hybridized carbons (Fsp3) is 0.353. The first-order chi connectivity index (χ1) is 11.6. The summed E-state index contributed by atoms with van der Waals surface area (Å²) in [5.41, 5.74) is 1.82. The third kappa shape index (κ3) is 3.16. The lowest BCUT2D eigenvalue weighted by molar-refractivity contribution is 0.0943. The Kier molecular flexibility index (Phi) is 4.61. The van der Waals surface area contributed by atoms with E-state index in [0.717, 1.165) is 0 Å². The SMILES string of the molecule is CCC(O)CCNC(=O)c1cc(-c2ccco2)nc2onc(C)c12. The third-order valence-electron chi connectivity index (χ3n) is 3.87. The quantitative estimate of drug-likeness (QED) is 0.721. The number of nitrogens with one attached hydrogen (secondary N) is 1. The monoisotopic (exact) mass is 329 g/mol. The number of aryl methyl sites for hydroxylation is 1. The summed E-state index contributed by atoms with van der Waals surface area (Å²) in [6.45, 7) is 4.05. The third-order valence-corrected chi connectivity index (χ3v) is 3.87. The van der Waals surface area contributed by atoms with Gasteiger partial charge in [-0.15, -0.1) is 0 Å². The average molecular weight is 329 g/mol. The molecular formula is C17H19N3O4. The molecule has 7 heteroatoms. The van der Waals surface area contributed by atoms with Gasteiger partial charge in [-0.1, -0.05) is 12.1 Å². The van der Waals surface area contributed by atoms with Crippen molar-refractivity contribution in [3.8, 4) is 11.5 Å². The fourth-order valence-electron chi connectivity index (χ4n) is 2.48. The number of fused-ring (bicyclic) bond motifs is 1. The van der Waals surface area contributed by atoms with Crippen molar-refractivity contribution in [3.63, 3.8) is 0 Å². The average Bonchev–Trinajstić information content (AvgIpc) is 3.24. The molecule has 24 heavy (non-hydrogen) atoms. The van der Waals surface area contributed by atoms with Gasteiger partial charge in [0.25, 0.3) is 11.6 Å². The van der Waals surface area contributed by atoms with Gasteiger partial charge in [0, 0.05) is 6.54 Å². The van der Waals surface area contributed by atoms with Crippen LogP contribution in [0.2, 0.25) is 0 Å². The minimum Gasteiger partial charge on any atom is -0.463 e. The highest BCUT2D eigenvalue weighted by Crippen LogP contribution is 2.27. The first kappa shape index (κ1) is 16.2. The van der Waals surface area contributed by atoms with Crippen LogP contribution in [-0.2, 0) is 0 Å². The van der Waals surface area contributed by atoms with Crippen molar-refractivity contribution in [2.75, 3.05) is 6.54 Å². The van der Waals surface area contributed by atoms with E-state index in [9.17, 15) is 9.90 Å². The van der Waals surface area contributed by atoms with Crippen molar-refractivity contribution in [3.05, 3.63) is 35.7 Å². The van der Waals surface area contributed by atoms with Gasteiger partial charge < -0.3 is 19.4 Å². The number of aliphatic hydroxyl groups is 1. The van der Waals surface area contributed by atoms with Crippen molar-refractivity contribution in [1.29, 1.82) is 0 Å². The van der Waals surface area contributed by atoms with Gasteiger partial charge in [-0.2, -0.15) is 0 Å². The lowest BCUT2D eigenvalue weighted by Crippen LogP contribution is -2.27. The van der Waals surface area contributed by atoms with Gasteiger partial charge in [0.15, 0.2) is 5.76 Å². The molecule has 0 saturated carbocycles. The molecule has 126 valence electrons. The summed E-state index contributed by atoms with van der Waals surface area (Å²) < 4.78 is 10.6. The molecule has 0 radical (unpaired) electrons. The zero-order valence-electron chi connectivity index (χ0n) is 13.6. The summed E-state index contributed by atoms with van der Waals surface area (Å²) in [6, 6.07) is 5.17. The molecule has 0 saturated heterocycles. The maximum absolute atomic E-state index is 12.6. The smallest absolute Gasteiger partial charge is 0.259 e. The van der Waals surface area contributed by atoms with Crippen LogP contribution < -0.4 is 5.32 Å². The zero-order chi connectivity index (χ0) is 17.1. The van der Waals surface area contributed by atoms with Gasteiger partial charge in [-0.05, 0) is 38.0 Å². The van der Waals surface area contributed by atoms with Gasteiger partial charge in [0.05, 0.1) is 29.0 Å². The van der Waals surface area contributed by atoms with Crippen LogP contribution in [0.1, 0.15) is 35.8 Å². The minimum atomic E-state index is -0.418. The van der Waals surface area contributed by atoms with Crippen molar-refractivity contribution in [2.24, 2.45) is 0 Å². The Hall–Kier alpha value is -2.67. The van der Waals surface area contributed by atoms with E-state index in [1.165, 1.54) is 0 Å². The highest BCUT2D eigenvalue weighted by molar-refractivity contribution is 6.06. The first-order valence-corrected chi connectivity index (χ1v) is 7.87. The van der Waals surface area contributed by atoms with Crippen LogP contribution in [-0.4, -0.2) is 33.8 Å². The Bertz CT molecular complexity index is 839. The standard InChI is InChI=1S/C17H19N3O4/c1-3-11(21)6-7-18-16(22)12-9-13(14-5-4-8-23-14)19-17-15(12)10(2)20-24-17/h4-5,8-9,11,21H,3,6-7H2,1-2H3,(H,18,22). The lowest BCUT2D eigenvalue weighted by Gasteiger charge is -2.10. The van der Waals surface area contributed by atoms with Crippen LogP contribution in [0.5, 0.6) is 0 Å². The molecule has 0 bridgehead atoms. The Labute approximate surface area is 138 Å². The number of amides is 1. The maximum Gasteiger partial charge on any atom is 0.259 e. The lowest BCUT2D eigenvalue weighted by atomic mass is 10.1. The molecule has 0 fully saturated rings. The number of hydrogen-bond donors (Lipinski definition) is 2. The summed E-state index contributed by atoms with van der Waals surface area (Å²) in [7, 11) is 0. The number of hydrogen-bond acceptors (Lipinski definition) is 6. The molecule has 3 rings (SSSR count). The largest absolute Gasteiger partial charge is 0.463 e. The molecule has 0 spiro atoms. The second-order valence-electron chi connectivity index (χ2n) is 5.59. The molecule has 0 aromatic carbocycles. The predicted octanol–water partition coefficient (Wildman–Crippen LogP) is 2.68. The van der Waals surface area contributed by atoms with Crippen LogP contribution in [0, 0.1) is 6.92 Å². The highest BCUT2D eigenvalue weighted by Gasteiger charge is 2.20. The molecule has 3 aromatic heterocycles. The van der Waals surface area contributed by atoms with Gasteiger partial charge >= 0.3 is 0 Å². The van der Waals surface area contributed by atoms with E-state index < -0.39 is 6.10 Å². The van der Waals surface area contributed by atoms with Crippen LogP contribution in [0.3, 0.4) is 0 Å². The predicted molar refractivity (Wildman–Crippen MR) is 87.5 cm³/mol. The van der Waals surface area contributed by atoms with Crippen LogP contribution in [0.4, 0.5) is 0 Å². The number of carbonyl (C=O) groups excluding carboxylic acids is 1. The number of rotatable bonds is 6. The second kappa shape index (κ2) is 6.84. The van der Waals surface area contributed by atoms with Crippen molar-refractivity contribution in [2.45, 2.75) is 32.8 Å². The molecule has 3 heterocycles. The summed E-state index contributed by atoms with van der Waals surface area (Å²) >= 11 is 0. The highest BCUT2D eigenvalue weighted by atomic mass is 16.5. The van der Waals surface area contributed by atoms with Crippen molar-refractivity contribution < 1.29 is 18.8 Å². The minimum absolute atomic E-state index is 0.259. The summed E-state index contributed by atoms with van der Waals surface area (Å²) in [5, 5.41) is 16.9. The van der Waals surface area contributed by atoms with Gasteiger partial charge in [0.1, 0.15) is 5.69 Å². The normalized spacial score (nSPS) is 12.5. The molecule has 0 aliphatic rings. The molecule has 1 unspecified atom stereocenters. The Morgan fingerprint density at radius 3 is 3.00 bits per heavy atom. The number of carbonyl (C=O) groups is 1. The van der Waals surface area contributed by atoms with E-state index in [4.69, 9.17) is 8.94 Å². The maximum atomic E-state index is 12.6. The first-order valence-electron chi connectivity index (χ1n) is 7.87. The Morgan fingerprint density at radius 2 is 2.29 bits per heavy atom. The molecule has 3 aromatic rings. The van der Waals surface area contributed by atoms with E-state index in [0.29, 0.717) is 53.2 Å². The number of aromatic nitrogens is 2. The van der Waals surface area contributed by atoms with Gasteiger partial charge in [0.2, 0.25) is 0 Å². The Morgan fingerprint density at radius 1 is 1.46 bits per heavy atom. The van der Waals surface area contributed by atoms with E-state index in [1.54, 1.807) is 31.4 Å². The van der Waals surface area contributed by atoms with E-state index in [1.807, 2.05) is 6.92 Å². The molecule has 0 aliphatic carbocycles. The van der Waals surface area contributed by atoms with E-state index in [2.05, 4.69) is 15.5 Å². The van der Waals surface area contributed by atoms with Crippen LogP contribution >= 0.6 is 0 Å². The second-order valence-corrected chi connectivity index (χ2v) is 5.59. The zero-order valence-corrected chi connectivity index (χ0v) is 13.6. The van der Waals surface area contributed by atoms with E-state index >= 15 is 0 Å². The number of aliphatic hydroxyl groups excluding tert-OH is 1. The summed E-state index contributed by atoms with van der Waals surface area (Å²) in [6.07, 6.45) is 2.28. The molecule has 1 amide bonds. The van der Waals surface area contributed by atoms with Crippen LogP contribution in [0.25, 0.3) is 22.6 Å². The fourth-order valence-corrected chi connectivity index (χ4v) is 2.48. The number of furan rings is 1. The van der Waals surface area contributed by atoms with Crippen molar-refractivity contribution in [1.82, 2.24) is 15.5 Å². The molecule has 1 atom stereocenters. The van der Waals surface area contributed by atoms with Crippen molar-refractivity contribution >= 4 is 17.0 Å². The van der Waals surface area contributed by atoms with Crippen LogP contribution in [0.15, 0.2) is 33.4 Å². The molecule has 0 aliphatic heterocycles. The number of nitrogens with zero attached hydrogens (tertiary/aromatic N) is 2. The summed E-state index contributed by atoms with van der Waals surface area (Å²) in [4.78, 5) is 16.9. The Balaban J connectivity index is 1.93. The van der Waals surface area contributed by atoms with E-state index in [-0.39, 0.29) is 5.91 Å². The van der Waals surface area contributed by atoms with Gasteiger partial charge in [-0.25, -0.2) is 4.98 Å². The van der Waals surface area contributed by atoms with Gasteiger partial charge in [-0.3, -0.25) is 4.79 Å². The molecular weight excluding hydrogens is 310 g/mol. The summed E-state index contributed by atoms with van der Waals surface area (Å²) in [5.74, 6) is 0.284.